The van der Waals surface area contributed by atoms with Crippen molar-refractivity contribution < 1.29 is 97.5 Å². The van der Waals surface area contributed by atoms with E-state index in [2.05, 4.69) is 0 Å². The summed E-state index contributed by atoms with van der Waals surface area (Å²) in [4.78, 5) is 41.7. The standard InChI is InChI=1S/C53H78O20/c1-10-25(2)46(60)73-45-43(70-47(61)29-14-12-11-13-15-29)44-50(6)19-17-31(22-30(50)16-20-52(44,62)53(63)21-18-32(26(3)55)51(45,53)7)68-35-23-33(64-8)40(27(4)66-35)71-49-39(59)42(65-9)41(28(5)67-49)72-48-38(58)37(57)36(56)34(24-54)69-48/h10-15,27-28,30-45,48-49,54,56-59,62-63H,16-24H2,1-9H3/b25-10+/t27?,28?,30-,31-,32+,33+,34?,35-,36+,37-,38?,39?,40+,41+,42+,43-,44+,45+,48-,49-,50-,51-,52-,53+/m0/s1. The van der Waals surface area contributed by atoms with Gasteiger partial charge >= 0.3 is 11.9 Å². The number of fused-ring (bicyclic) bond motifs is 5. The Morgan fingerprint density at radius 1 is 0.740 bits per heavy atom. The van der Waals surface area contributed by atoms with E-state index in [0.717, 1.165) is 0 Å². The highest BCUT2D eigenvalue weighted by atomic mass is 16.8. The van der Waals surface area contributed by atoms with Crippen LogP contribution in [0.2, 0.25) is 0 Å². The second-order valence-electron chi connectivity index (χ2n) is 22.1. The third kappa shape index (κ3) is 9.66. The fraction of sp³-hybridized carbons (Fsp3) is 0.792. The summed E-state index contributed by atoms with van der Waals surface area (Å²) in [7, 11) is 2.89. The molecule has 20 nitrogen and oxygen atoms in total. The minimum absolute atomic E-state index is 0.0735. The van der Waals surface area contributed by atoms with Crippen molar-refractivity contribution in [2.45, 2.75) is 215 Å². The first-order valence-corrected chi connectivity index (χ1v) is 25.9. The highest BCUT2D eigenvalue weighted by Gasteiger charge is 2.81. The predicted octanol–water partition coefficient (Wildman–Crippen LogP) is 2.01. The summed E-state index contributed by atoms with van der Waals surface area (Å²) in [5.41, 5.74) is -5.55. The molecule has 0 amide bonds. The number of hydrogen-bond acceptors (Lipinski definition) is 20. The number of carbonyl (C=O) groups excluding carboxylic acids is 3. The second-order valence-corrected chi connectivity index (χ2v) is 22.1. The number of aliphatic hydroxyl groups is 7. The Balaban J connectivity index is 0.987. The molecule has 1 aromatic carbocycles. The van der Waals surface area contributed by atoms with Crippen LogP contribution in [0.25, 0.3) is 0 Å². The molecule has 3 heterocycles. The Kier molecular flexibility index (Phi) is 16.8. The van der Waals surface area contributed by atoms with Gasteiger partial charge in [-0.1, -0.05) is 38.1 Å². The topological polar surface area (TPSA) is 285 Å². The van der Waals surface area contributed by atoms with E-state index in [1.54, 1.807) is 71.0 Å². The van der Waals surface area contributed by atoms with Crippen LogP contribution in [0.4, 0.5) is 0 Å². The molecule has 3 aliphatic heterocycles. The van der Waals surface area contributed by atoms with Gasteiger partial charge in [-0.2, -0.15) is 0 Å². The van der Waals surface area contributed by atoms with Gasteiger partial charge in [0, 0.05) is 43.5 Å². The SMILES string of the molecule is C/C=C(\C)C(=O)O[C@@H]1[C@@H](OC(=O)c2ccccc2)[C@@H]2[C@@]3(C)CC[C@H](O[C@H]4C[C@@H](OC)[C@H](O[C@@H]5OC(C)[C@@H](O[C@@H]6OC(CO)[C@@H](O)[C@H](O)C6O)[C@H](OC)C5O)C(C)O4)C[C@@H]3CC[C@@]2(O)[C@@]2(O)CC[C@H](C(C)=O)[C@@]12C. The number of aliphatic hydroxyl groups excluding tert-OH is 5. The van der Waals surface area contributed by atoms with Crippen LogP contribution in [0, 0.1) is 28.6 Å². The number of hydrogen-bond donors (Lipinski definition) is 7. The third-order valence-electron chi connectivity index (χ3n) is 18.4. The van der Waals surface area contributed by atoms with Gasteiger partial charge in [0.1, 0.15) is 78.0 Å². The Labute approximate surface area is 426 Å². The van der Waals surface area contributed by atoms with Crippen molar-refractivity contribution in [1.29, 1.82) is 0 Å². The molecule has 20 heteroatoms. The summed E-state index contributed by atoms with van der Waals surface area (Å²) in [5, 5.41) is 79.1. The van der Waals surface area contributed by atoms with Gasteiger partial charge in [-0.25, -0.2) is 9.59 Å². The number of ether oxygens (including phenoxy) is 10. The van der Waals surface area contributed by atoms with Crippen molar-refractivity contribution in [1.82, 2.24) is 0 Å². The van der Waals surface area contributed by atoms with Crippen LogP contribution in [0.15, 0.2) is 42.0 Å². The van der Waals surface area contributed by atoms with Crippen molar-refractivity contribution in [3.63, 3.8) is 0 Å². The minimum Gasteiger partial charge on any atom is -0.454 e. The van der Waals surface area contributed by atoms with E-state index in [-0.39, 0.29) is 49.1 Å². The van der Waals surface area contributed by atoms with Crippen molar-refractivity contribution in [3.8, 4) is 0 Å². The Morgan fingerprint density at radius 2 is 1.41 bits per heavy atom. The summed E-state index contributed by atoms with van der Waals surface area (Å²) in [6.07, 6.45) is -14.8. The highest BCUT2D eigenvalue weighted by Crippen LogP contribution is 2.71. The zero-order chi connectivity index (χ0) is 53.1. The quantitative estimate of drug-likeness (QED) is 0.0797. The molecule has 4 saturated carbocycles. The molecule has 4 aliphatic carbocycles. The Morgan fingerprint density at radius 3 is 2.05 bits per heavy atom. The van der Waals surface area contributed by atoms with Crippen LogP contribution in [0.5, 0.6) is 0 Å². The van der Waals surface area contributed by atoms with Crippen molar-refractivity contribution >= 4 is 17.7 Å². The third-order valence-corrected chi connectivity index (χ3v) is 18.4. The highest BCUT2D eigenvalue weighted by molar-refractivity contribution is 5.90. The van der Waals surface area contributed by atoms with Gasteiger partial charge in [-0.3, -0.25) is 4.79 Å². The number of ketones is 1. The summed E-state index contributed by atoms with van der Waals surface area (Å²) in [6, 6.07) is 8.42. The normalized spacial score (nSPS) is 47.9. The van der Waals surface area contributed by atoms with Crippen molar-refractivity contribution in [2.75, 3.05) is 20.8 Å². The molecule has 7 fully saturated rings. The molecule has 7 N–H and O–H groups in total. The van der Waals surface area contributed by atoms with Crippen LogP contribution < -0.4 is 0 Å². The van der Waals surface area contributed by atoms with Crippen LogP contribution in [0.1, 0.15) is 110 Å². The van der Waals surface area contributed by atoms with Gasteiger partial charge in [0.25, 0.3) is 0 Å². The molecule has 3 saturated heterocycles. The number of allylic oxidation sites excluding steroid dienone is 1. The molecular formula is C53H78O20. The number of methoxy groups -OCH3 is 2. The molecule has 410 valence electrons. The van der Waals surface area contributed by atoms with E-state index < -0.39 is 151 Å². The number of esters is 2. The fourth-order valence-electron chi connectivity index (χ4n) is 14.2. The summed E-state index contributed by atoms with van der Waals surface area (Å²) in [5.74, 6) is -3.48. The predicted molar refractivity (Wildman–Crippen MR) is 254 cm³/mol. The van der Waals surface area contributed by atoms with Gasteiger partial charge in [0.15, 0.2) is 18.9 Å². The molecule has 24 atom stereocenters. The molecule has 73 heavy (non-hydrogen) atoms. The van der Waals surface area contributed by atoms with E-state index in [4.69, 9.17) is 47.4 Å². The first-order chi connectivity index (χ1) is 34.5. The molecule has 1 aromatic rings. The Bertz CT molecular complexity index is 2140. The molecule has 8 rings (SSSR count). The molecule has 0 bridgehead atoms. The maximum Gasteiger partial charge on any atom is 0.338 e. The molecule has 0 spiro atoms. The van der Waals surface area contributed by atoms with Gasteiger partial charge < -0.3 is 83.1 Å². The lowest BCUT2D eigenvalue weighted by Crippen LogP contribution is -2.81. The second kappa shape index (κ2) is 21.8. The first-order valence-electron chi connectivity index (χ1n) is 25.9. The lowest BCUT2D eigenvalue weighted by molar-refractivity contribution is -0.371. The van der Waals surface area contributed by atoms with Crippen molar-refractivity contribution in [3.05, 3.63) is 47.5 Å². The van der Waals surface area contributed by atoms with E-state index in [0.29, 0.717) is 31.3 Å². The maximum atomic E-state index is 14.2. The van der Waals surface area contributed by atoms with Gasteiger partial charge in [0.2, 0.25) is 0 Å². The van der Waals surface area contributed by atoms with E-state index in [9.17, 15) is 50.1 Å². The zero-order valence-corrected chi connectivity index (χ0v) is 43.3. The van der Waals surface area contributed by atoms with Gasteiger partial charge in [0.05, 0.1) is 36.6 Å². The monoisotopic (exact) mass is 1030 g/mol. The van der Waals surface area contributed by atoms with E-state index in [1.807, 2.05) is 6.92 Å². The smallest absolute Gasteiger partial charge is 0.338 e. The largest absolute Gasteiger partial charge is 0.454 e. The molecule has 7 aliphatic rings. The zero-order valence-electron chi connectivity index (χ0n) is 43.3. The average molecular weight is 1040 g/mol. The number of rotatable bonds is 14. The Hall–Kier alpha value is -3.03. The van der Waals surface area contributed by atoms with E-state index >= 15 is 0 Å². The van der Waals surface area contributed by atoms with Crippen LogP contribution in [-0.2, 0) is 57.0 Å². The number of benzene rings is 1. The van der Waals surface area contributed by atoms with Crippen LogP contribution >= 0.6 is 0 Å². The summed E-state index contributed by atoms with van der Waals surface area (Å²) < 4.78 is 61.9. The van der Waals surface area contributed by atoms with Crippen molar-refractivity contribution in [2.24, 2.45) is 28.6 Å². The van der Waals surface area contributed by atoms with Crippen LogP contribution in [0.3, 0.4) is 0 Å². The average Bonchev–Trinajstić information content (AvgIpc) is 3.66. The number of carbonyl (C=O) groups is 3. The number of Topliss-reactive ketones (excluding diaryl/α,β-unsaturated/α-hetero) is 1. The maximum absolute atomic E-state index is 14.2. The van der Waals surface area contributed by atoms with Gasteiger partial charge in [-0.15, -0.1) is 0 Å². The molecule has 0 aromatic heterocycles. The summed E-state index contributed by atoms with van der Waals surface area (Å²) in [6.45, 7) is 11.3. The first kappa shape index (κ1) is 56.2. The van der Waals surface area contributed by atoms with Gasteiger partial charge in [-0.05, 0) is 103 Å². The molecular weight excluding hydrogens is 957 g/mol. The van der Waals surface area contributed by atoms with Crippen LogP contribution in [-0.4, -0.2) is 190 Å². The minimum atomic E-state index is -1.91. The summed E-state index contributed by atoms with van der Waals surface area (Å²) >= 11 is 0. The lowest BCUT2D eigenvalue weighted by Gasteiger charge is -2.69. The lowest BCUT2D eigenvalue weighted by atomic mass is 9.39. The fourth-order valence-corrected chi connectivity index (χ4v) is 14.2. The molecule has 5 unspecified atom stereocenters. The van der Waals surface area contributed by atoms with E-state index in [1.165, 1.54) is 21.1 Å². The molecule has 0 radical (unpaired) electrons.